The van der Waals surface area contributed by atoms with E-state index in [2.05, 4.69) is 5.32 Å². The predicted octanol–water partition coefficient (Wildman–Crippen LogP) is 3.07. The van der Waals surface area contributed by atoms with Gasteiger partial charge in [0.05, 0.1) is 11.4 Å². The molecule has 1 aromatic carbocycles. The molecule has 0 heterocycles. The standard InChI is InChI=1S/C12H17FN2/c1-8-6-12(11(14)7-10(8)13)15-9-4-2-3-5-9/h6-7,9,15H,2-5,14H2,1H3. The van der Waals surface area contributed by atoms with Crippen LogP contribution >= 0.6 is 0 Å². The minimum absolute atomic E-state index is 0.232. The molecule has 0 amide bonds. The molecule has 1 aliphatic carbocycles. The van der Waals surface area contributed by atoms with Gasteiger partial charge in [-0.2, -0.15) is 0 Å². The van der Waals surface area contributed by atoms with E-state index < -0.39 is 0 Å². The Balaban J connectivity index is 2.16. The van der Waals surface area contributed by atoms with Crippen molar-refractivity contribution in [2.24, 2.45) is 0 Å². The van der Waals surface area contributed by atoms with E-state index in [0.717, 1.165) is 5.69 Å². The van der Waals surface area contributed by atoms with Crippen LogP contribution < -0.4 is 11.1 Å². The molecule has 2 rings (SSSR count). The maximum atomic E-state index is 13.2. The molecule has 0 aromatic heterocycles. The van der Waals surface area contributed by atoms with Gasteiger partial charge in [-0.3, -0.25) is 0 Å². The molecule has 2 nitrogen and oxygen atoms in total. The van der Waals surface area contributed by atoms with Crippen LogP contribution in [0.15, 0.2) is 12.1 Å². The Bertz CT molecular complexity index is 357. The average Bonchev–Trinajstić information content (AvgIpc) is 2.67. The Morgan fingerprint density at radius 2 is 2.00 bits per heavy atom. The molecule has 1 fully saturated rings. The third-order valence-corrected chi connectivity index (χ3v) is 3.05. The van der Waals surface area contributed by atoms with Crippen LogP contribution in [0.25, 0.3) is 0 Å². The van der Waals surface area contributed by atoms with Crippen molar-refractivity contribution in [2.45, 2.75) is 38.6 Å². The van der Waals surface area contributed by atoms with Crippen LogP contribution in [-0.4, -0.2) is 6.04 Å². The van der Waals surface area contributed by atoms with Gasteiger partial charge in [-0.25, -0.2) is 4.39 Å². The first kappa shape index (κ1) is 10.3. The van der Waals surface area contributed by atoms with E-state index in [4.69, 9.17) is 5.73 Å². The fraction of sp³-hybridized carbons (Fsp3) is 0.500. The quantitative estimate of drug-likeness (QED) is 0.733. The van der Waals surface area contributed by atoms with Gasteiger partial charge in [0.25, 0.3) is 0 Å². The van der Waals surface area contributed by atoms with Crippen molar-refractivity contribution in [1.82, 2.24) is 0 Å². The molecule has 3 N–H and O–H groups in total. The highest BCUT2D eigenvalue weighted by Crippen LogP contribution is 2.27. The Hall–Kier alpha value is -1.25. The van der Waals surface area contributed by atoms with E-state index in [0.29, 0.717) is 17.3 Å². The number of anilines is 2. The fourth-order valence-electron chi connectivity index (χ4n) is 2.11. The van der Waals surface area contributed by atoms with Crippen LogP contribution in [0, 0.1) is 12.7 Å². The van der Waals surface area contributed by atoms with Gasteiger partial charge in [0.15, 0.2) is 0 Å². The van der Waals surface area contributed by atoms with E-state index >= 15 is 0 Å². The van der Waals surface area contributed by atoms with Gasteiger partial charge in [-0.15, -0.1) is 0 Å². The van der Waals surface area contributed by atoms with E-state index in [-0.39, 0.29) is 5.82 Å². The summed E-state index contributed by atoms with van der Waals surface area (Å²) in [6.07, 6.45) is 4.93. The zero-order valence-electron chi connectivity index (χ0n) is 9.02. The minimum atomic E-state index is -0.232. The largest absolute Gasteiger partial charge is 0.397 e. The lowest BCUT2D eigenvalue weighted by Gasteiger charge is -2.16. The summed E-state index contributed by atoms with van der Waals surface area (Å²) in [5.74, 6) is -0.232. The average molecular weight is 208 g/mol. The van der Waals surface area contributed by atoms with Gasteiger partial charge < -0.3 is 11.1 Å². The number of rotatable bonds is 2. The summed E-state index contributed by atoms with van der Waals surface area (Å²) in [6.45, 7) is 1.76. The summed E-state index contributed by atoms with van der Waals surface area (Å²) in [5, 5.41) is 3.39. The molecule has 82 valence electrons. The Kier molecular flexibility index (Phi) is 2.80. The summed E-state index contributed by atoms with van der Waals surface area (Å²) >= 11 is 0. The highest BCUT2D eigenvalue weighted by Gasteiger charge is 2.16. The monoisotopic (exact) mass is 208 g/mol. The molecule has 0 unspecified atom stereocenters. The maximum Gasteiger partial charge on any atom is 0.128 e. The number of hydrogen-bond acceptors (Lipinski definition) is 2. The van der Waals surface area contributed by atoms with Crippen molar-refractivity contribution < 1.29 is 4.39 Å². The molecule has 1 saturated carbocycles. The number of halogens is 1. The minimum Gasteiger partial charge on any atom is -0.397 e. The zero-order valence-corrected chi connectivity index (χ0v) is 9.02. The third-order valence-electron chi connectivity index (χ3n) is 3.05. The van der Waals surface area contributed by atoms with Gasteiger partial charge in [0.1, 0.15) is 5.82 Å². The third kappa shape index (κ3) is 2.22. The van der Waals surface area contributed by atoms with Crippen molar-refractivity contribution in [2.75, 3.05) is 11.1 Å². The number of nitrogens with one attached hydrogen (secondary N) is 1. The summed E-state index contributed by atoms with van der Waals surface area (Å²) in [4.78, 5) is 0. The smallest absolute Gasteiger partial charge is 0.128 e. The molecular formula is C12H17FN2. The molecule has 0 radical (unpaired) electrons. The van der Waals surface area contributed by atoms with Crippen molar-refractivity contribution >= 4 is 11.4 Å². The Morgan fingerprint density at radius 1 is 1.33 bits per heavy atom. The number of aryl methyl sites for hydroxylation is 1. The number of hydrogen-bond donors (Lipinski definition) is 2. The number of nitrogen functional groups attached to an aromatic ring is 1. The van der Waals surface area contributed by atoms with Gasteiger partial charge in [0, 0.05) is 6.04 Å². The lowest BCUT2D eigenvalue weighted by atomic mass is 10.1. The second-order valence-corrected chi connectivity index (χ2v) is 4.31. The van der Waals surface area contributed by atoms with Crippen LogP contribution in [0.2, 0.25) is 0 Å². The number of nitrogens with two attached hydrogens (primary N) is 1. The molecule has 15 heavy (non-hydrogen) atoms. The summed E-state index contributed by atoms with van der Waals surface area (Å²) < 4.78 is 13.2. The predicted molar refractivity (Wildman–Crippen MR) is 61.4 cm³/mol. The summed E-state index contributed by atoms with van der Waals surface area (Å²) in [7, 11) is 0. The Morgan fingerprint density at radius 3 is 2.67 bits per heavy atom. The van der Waals surface area contributed by atoms with E-state index in [9.17, 15) is 4.39 Å². The normalized spacial score (nSPS) is 16.9. The first-order valence-corrected chi connectivity index (χ1v) is 5.49. The van der Waals surface area contributed by atoms with Crippen LogP contribution in [0.3, 0.4) is 0 Å². The van der Waals surface area contributed by atoms with Gasteiger partial charge >= 0.3 is 0 Å². The van der Waals surface area contributed by atoms with E-state index in [1.54, 1.807) is 13.0 Å². The second-order valence-electron chi connectivity index (χ2n) is 4.31. The SMILES string of the molecule is Cc1cc(NC2CCCC2)c(N)cc1F. The van der Waals surface area contributed by atoms with E-state index in [1.807, 2.05) is 0 Å². The van der Waals surface area contributed by atoms with Gasteiger partial charge in [-0.05, 0) is 37.5 Å². The highest BCUT2D eigenvalue weighted by atomic mass is 19.1. The van der Waals surface area contributed by atoms with Gasteiger partial charge in [-0.1, -0.05) is 12.8 Å². The topological polar surface area (TPSA) is 38.0 Å². The zero-order chi connectivity index (χ0) is 10.8. The van der Waals surface area contributed by atoms with Crippen LogP contribution in [0.1, 0.15) is 31.2 Å². The van der Waals surface area contributed by atoms with Crippen LogP contribution in [-0.2, 0) is 0 Å². The maximum absolute atomic E-state index is 13.2. The molecule has 0 bridgehead atoms. The van der Waals surface area contributed by atoms with Crippen LogP contribution in [0.5, 0.6) is 0 Å². The van der Waals surface area contributed by atoms with Crippen LogP contribution in [0.4, 0.5) is 15.8 Å². The van der Waals surface area contributed by atoms with Gasteiger partial charge in [0.2, 0.25) is 0 Å². The first-order valence-electron chi connectivity index (χ1n) is 5.49. The lowest BCUT2D eigenvalue weighted by molar-refractivity contribution is 0.619. The molecule has 1 aromatic rings. The number of benzene rings is 1. The molecule has 3 heteroatoms. The fourth-order valence-corrected chi connectivity index (χ4v) is 2.11. The molecule has 0 atom stereocenters. The van der Waals surface area contributed by atoms with Crippen molar-refractivity contribution in [3.8, 4) is 0 Å². The van der Waals surface area contributed by atoms with Crippen molar-refractivity contribution in [3.05, 3.63) is 23.5 Å². The molecule has 0 aliphatic heterocycles. The lowest BCUT2D eigenvalue weighted by Crippen LogP contribution is -2.15. The first-order chi connectivity index (χ1) is 7.16. The highest BCUT2D eigenvalue weighted by molar-refractivity contribution is 5.67. The van der Waals surface area contributed by atoms with E-state index in [1.165, 1.54) is 31.7 Å². The summed E-state index contributed by atoms with van der Waals surface area (Å²) in [5.41, 5.74) is 7.79. The molecule has 1 aliphatic rings. The molecular weight excluding hydrogens is 191 g/mol. The molecule has 0 spiro atoms. The Labute approximate surface area is 89.7 Å². The second kappa shape index (κ2) is 4.09. The molecule has 0 saturated heterocycles. The summed E-state index contributed by atoms with van der Waals surface area (Å²) in [6, 6.07) is 3.70. The van der Waals surface area contributed by atoms with Crippen molar-refractivity contribution in [3.63, 3.8) is 0 Å². The van der Waals surface area contributed by atoms with Crippen molar-refractivity contribution in [1.29, 1.82) is 0 Å².